The van der Waals surface area contributed by atoms with Gasteiger partial charge in [-0.05, 0) is 30.3 Å². The van der Waals surface area contributed by atoms with E-state index in [1.807, 2.05) is 0 Å². The highest BCUT2D eigenvalue weighted by atomic mass is 16.7. The van der Waals surface area contributed by atoms with E-state index >= 15 is 0 Å². The summed E-state index contributed by atoms with van der Waals surface area (Å²) in [6.07, 6.45) is 1.12. The fourth-order valence-electron chi connectivity index (χ4n) is 2.77. The number of methoxy groups -OCH3 is 2. The Balaban J connectivity index is 1.59. The minimum atomic E-state index is -1.50. The molecule has 11 nitrogen and oxygen atoms in total. The first kappa shape index (κ1) is 21.4. The van der Waals surface area contributed by atoms with Gasteiger partial charge in [0.15, 0.2) is 23.0 Å². The predicted molar refractivity (Wildman–Crippen MR) is 105 cm³/mol. The van der Waals surface area contributed by atoms with Gasteiger partial charge < -0.3 is 34.2 Å². The number of amides is 2. The van der Waals surface area contributed by atoms with Crippen LogP contribution in [-0.4, -0.2) is 51.6 Å². The maximum Gasteiger partial charge on any atom is 0.259 e. The molecule has 0 fully saturated rings. The maximum absolute atomic E-state index is 12.2. The van der Waals surface area contributed by atoms with E-state index in [0.717, 1.165) is 6.21 Å². The van der Waals surface area contributed by atoms with Crippen molar-refractivity contribution < 1.29 is 38.4 Å². The lowest BCUT2D eigenvalue weighted by atomic mass is 10.1. The average Bonchev–Trinajstić information content (AvgIpc) is 3.24. The van der Waals surface area contributed by atoms with Gasteiger partial charge in [0, 0.05) is 11.1 Å². The van der Waals surface area contributed by atoms with Gasteiger partial charge in [0.2, 0.25) is 6.79 Å². The Kier molecular flexibility index (Phi) is 6.55. The minimum Gasteiger partial charge on any atom is -0.545 e. The number of carbonyl (C=O) groups excluding carboxylic acids is 3. The number of carbonyl (C=O) groups is 3. The molecule has 1 aliphatic rings. The lowest BCUT2D eigenvalue weighted by Crippen LogP contribution is -2.35. The van der Waals surface area contributed by atoms with Crippen LogP contribution in [0.3, 0.4) is 0 Å². The summed E-state index contributed by atoms with van der Waals surface area (Å²) in [6, 6.07) is 7.55. The van der Waals surface area contributed by atoms with Crippen molar-refractivity contribution in [3.63, 3.8) is 0 Å². The summed E-state index contributed by atoms with van der Waals surface area (Å²) < 4.78 is 20.5. The third-order valence-electron chi connectivity index (χ3n) is 4.22. The fraction of sp³-hybridized carbons (Fsp3) is 0.200. The molecule has 31 heavy (non-hydrogen) atoms. The molecular formula is C20H18N3O8-. The summed E-state index contributed by atoms with van der Waals surface area (Å²) in [4.78, 5) is 35.6. The number of hydrogen-bond acceptors (Lipinski definition) is 9. The Morgan fingerprint density at radius 2 is 1.90 bits per heavy atom. The van der Waals surface area contributed by atoms with E-state index in [2.05, 4.69) is 15.8 Å². The fourth-order valence-corrected chi connectivity index (χ4v) is 2.77. The van der Waals surface area contributed by atoms with E-state index in [1.54, 1.807) is 6.07 Å². The second kappa shape index (κ2) is 9.48. The highest BCUT2D eigenvalue weighted by Gasteiger charge is 2.17. The Bertz CT molecular complexity index is 1050. The van der Waals surface area contributed by atoms with Gasteiger partial charge in [-0.25, -0.2) is 5.43 Å². The summed E-state index contributed by atoms with van der Waals surface area (Å²) in [7, 11) is 2.65. The monoisotopic (exact) mass is 428 g/mol. The Morgan fingerprint density at radius 1 is 1.13 bits per heavy atom. The SMILES string of the molecule is COc1ccc(/C=N\NC(=O)CNC(=O)c2ccc3c(c2)OCO3)c(C(=O)[O-])c1OC. The number of nitrogens with zero attached hydrogens (tertiary/aromatic N) is 1. The molecule has 2 aromatic carbocycles. The second-order valence-corrected chi connectivity index (χ2v) is 6.10. The van der Waals surface area contributed by atoms with Gasteiger partial charge in [0.25, 0.3) is 11.8 Å². The smallest absolute Gasteiger partial charge is 0.259 e. The largest absolute Gasteiger partial charge is 0.545 e. The van der Waals surface area contributed by atoms with E-state index in [1.165, 1.54) is 38.5 Å². The van der Waals surface area contributed by atoms with Crippen molar-refractivity contribution >= 4 is 24.0 Å². The normalized spacial score (nSPS) is 11.8. The van der Waals surface area contributed by atoms with Gasteiger partial charge in [-0.15, -0.1) is 0 Å². The van der Waals surface area contributed by atoms with Gasteiger partial charge in [-0.2, -0.15) is 5.10 Å². The molecule has 0 aliphatic carbocycles. The molecule has 2 aromatic rings. The summed E-state index contributed by atoms with van der Waals surface area (Å²) in [6.45, 7) is -0.273. The molecule has 0 saturated carbocycles. The molecule has 0 atom stereocenters. The number of fused-ring (bicyclic) bond motifs is 1. The van der Waals surface area contributed by atoms with Crippen molar-refractivity contribution in [2.45, 2.75) is 0 Å². The third-order valence-corrected chi connectivity index (χ3v) is 4.22. The molecule has 0 radical (unpaired) electrons. The lowest BCUT2D eigenvalue weighted by Gasteiger charge is -2.15. The standard InChI is InChI=1S/C20H19N3O8/c1-28-14-6-4-12(17(20(26)27)18(14)29-2)8-22-23-16(24)9-21-19(25)11-3-5-13-15(7-11)31-10-30-13/h3-8H,9-10H2,1-2H3,(H,21,25)(H,23,24)(H,26,27)/p-1/b22-8-. The maximum atomic E-state index is 12.2. The number of hydrogen-bond donors (Lipinski definition) is 2. The zero-order chi connectivity index (χ0) is 22.4. The van der Waals surface area contributed by atoms with Gasteiger partial charge >= 0.3 is 0 Å². The highest BCUT2D eigenvalue weighted by Crippen LogP contribution is 2.33. The topological polar surface area (TPSA) is 148 Å². The first-order valence-corrected chi connectivity index (χ1v) is 8.90. The molecule has 0 spiro atoms. The van der Waals surface area contributed by atoms with Crippen LogP contribution in [-0.2, 0) is 4.79 Å². The van der Waals surface area contributed by atoms with Crippen molar-refractivity contribution in [1.29, 1.82) is 0 Å². The molecule has 1 aliphatic heterocycles. The van der Waals surface area contributed by atoms with E-state index in [4.69, 9.17) is 18.9 Å². The molecule has 2 N–H and O–H groups in total. The summed E-state index contributed by atoms with van der Waals surface area (Å²) in [5.41, 5.74) is 2.34. The average molecular weight is 428 g/mol. The highest BCUT2D eigenvalue weighted by molar-refractivity contribution is 6.01. The van der Waals surface area contributed by atoms with Crippen LogP contribution in [0.2, 0.25) is 0 Å². The Hall–Kier alpha value is -4.28. The number of ether oxygens (including phenoxy) is 4. The summed E-state index contributed by atoms with van der Waals surface area (Å²) in [5, 5.41) is 17.6. The van der Waals surface area contributed by atoms with Crippen molar-refractivity contribution in [2.75, 3.05) is 27.6 Å². The van der Waals surface area contributed by atoms with E-state index < -0.39 is 17.8 Å². The van der Waals surface area contributed by atoms with Crippen molar-refractivity contribution in [1.82, 2.24) is 10.7 Å². The summed E-state index contributed by atoms with van der Waals surface area (Å²) in [5.74, 6) is -1.46. The van der Waals surface area contributed by atoms with Crippen LogP contribution in [0.15, 0.2) is 35.4 Å². The van der Waals surface area contributed by atoms with Gasteiger partial charge in [0.1, 0.15) is 0 Å². The van der Waals surface area contributed by atoms with Crippen LogP contribution in [0.1, 0.15) is 26.3 Å². The van der Waals surface area contributed by atoms with Crippen LogP contribution < -0.4 is 34.8 Å². The van der Waals surface area contributed by atoms with E-state index in [9.17, 15) is 19.5 Å². The van der Waals surface area contributed by atoms with Crippen LogP contribution >= 0.6 is 0 Å². The molecule has 11 heteroatoms. The molecular weight excluding hydrogens is 410 g/mol. The molecule has 162 valence electrons. The number of nitrogens with one attached hydrogen (secondary N) is 2. The van der Waals surface area contributed by atoms with Gasteiger partial charge in [-0.1, -0.05) is 0 Å². The predicted octanol–water partition coefficient (Wildman–Crippen LogP) is -0.324. The zero-order valence-corrected chi connectivity index (χ0v) is 16.6. The molecule has 1 heterocycles. The first-order valence-electron chi connectivity index (χ1n) is 8.90. The molecule has 0 saturated heterocycles. The number of carboxylic acids is 1. The quantitative estimate of drug-likeness (QED) is 0.429. The first-order chi connectivity index (χ1) is 14.9. The Labute approximate surface area is 176 Å². The minimum absolute atomic E-state index is 0.0336. The van der Waals surface area contributed by atoms with Crippen molar-refractivity contribution in [3.05, 3.63) is 47.0 Å². The molecule has 2 amide bonds. The molecule has 0 bridgehead atoms. The summed E-state index contributed by atoms with van der Waals surface area (Å²) >= 11 is 0. The van der Waals surface area contributed by atoms with Crippen LogP contribution in [0, 0.1) is 0 Å². The van der Waals surface area contributed by atoms with Crippen LogP contribution in [0.25, 0.3) is 0 Å². The number of aromatic carboxylic acids is 1. The number of benzene rings is 2. The number of rotatable bonds is 8. The third kappa shape index (κ3) is 4.83. The van der Waals surface area contributed by atoms with Crippen LogP contribution in [0.4, 0.5) is 0 Å². The van der Waals surface area contributed by atoms with Crippen LogP contribution in [0.5, 0.6) is 23.0 Å². The van der Waals surface area contributed by atoms with Gasteiger partial charge in [0.05, 0.1) is 38.5 Å². The molecule has 3 rings (SSSR count). The lowest BCUT2D eigenvalue weighted by molar-refractivity contribution is -0.255. The second-order valence-electron chi connectivity index (χ2n) is 6.10. The van der Waals surface area contributed by atoms with E-state index in [-0.39, 0.29) is 36.0 Å². The Morgan fingerprint density at radius 3 is 2.61 bits per heavy atom. The molecule has 0 aromatic heterocycles. The zero-order valence-electron chi connectivity index (χ0n) is 16.6. The van der Waals surface area contributed by atoms with Crippen molar-refractivity contribution in [2.24, 2.45) is 5.10 Å². The number of hydrazone groups is 1. The van der Waals surface area contributed by atoms with Gasteiger partial charge in [-0.3, -0.25) is 9.59 Å². The molecule has 0 unspecified atom stereocenters. The number of carboxylic acid groups (broad SMARTS) is 1. The van der Waals surface area contributed by atoms with Crippen molar-refractivity contribution in [3.8, 4) is 23.0 Å². The van der Waals surface area contributed by atoms with E-state index in [0.29, 0.717) is 17.1 Å².